The van der Waals surface area contributed by atoms with Crippen LogP contribution in [0.15, 0.2) is 30.3 Å². The molecule has 0 spiro atoms. The van der Waals surface area contributed by atoms with Crippen molar-refractivity contribution < 1.29 is 14.3 Å². The van der Waals surface area contributed by atoms with Crippen molar-refractivity contribution in [1.29, 1.82) is 5.26 Å². The Labute approximate surface area is 99.0 Å². The topological polar surface area (TPSA) is 79.2 Å². The van der Waals surface area contributed by atoms with Gasteiger partial charge in [0.05, 0.1) is 18.1 Å². The van der Waals surface area contributed by atoms with Crippen LogP contribution in [0, 0.1) is 11.3 Å². The Balaban J connectivity index is 2.29. The highest BCUT2D eigenvalue weighted by atomic mass is 16.5. The number of nitrogens with zero attached hydrogens (tertiary/aromatic N) is 1. The van der Waals surface area contributed by atoms with Crippen LogP contribution in [-0.4, -0.2) is 25.0 Å². The minimum Gasteiger partial charge on any atom is -0.452 e. The number of benzene rings is 1. The summed E-state index contributed by atoms with van der Waals surface area (Å²) in [6.07, 6.45) is 0.234. The van der Waals surface area contributed by atoms with Gasteiger partial charge in [-0.2, -0.15) is 5.26 Å². The van der Waals surface area contributed by atoms with Gasteiger partial charge in [0.15, 0.2) is 6.61 Å². The fourth-order valence-electron chi connectivity index (χ4n) is 1.10. The molecule has 1 amide bonds. The summed E-state index contributed by atoms with van der Waals surface area (Å²) in [6.45, 7) is -0.0720. The highest BCUT2D eigenvalue weighted by molar-refractivity contribution is 5.91. The molecule has 17 heavy (non-hydrogen) atoms. The van der Waals surface area contributed by atoms with Crippen molar-refractivity contribution in [2.75, 3.05) is 13.2 Å². The van der Waals surface area contributed by atoms with Gasteiger partial charge in [0.2, 0.25) is 0 Å². The maximum Gasteiger partial charge on any atom is 0.338 e. The number of carbonyl (C=O) groups excluding carboxylic acids is 2. The van der Waals surface area contributed by atoms with E-state index in [2.05, 4.69) is 5.32 Å². The van der Waals surface area contributed by atoms with E-state index in [4.69, 9.17) is 10.00 Å². The smallest absolute Gasteiger partial charge is 0.338 e. The predicted octanol–water partition coefficient (Wildman–Crippen LogP) is 0.873. The number of rotatable bonds is 5. The molecule has 0 saturated heterocycles. The molecule has 0 atom stereocenters. The van der Waals surface area contributed by atoms with Gasteiger partial charge in [-0.15, -0.1) is 0 Å². The Morgan fingerprint density at radius 2 is 2.00 bits per heavy atom. The molecule has 0 aliphatic carbocycles. The first-order chi connectivity index (χ1) is 8.24. The van der Waals surface area contributed by atoms with Crippen LogP contribution in [0.25, 0.3) is 0 Å². The van der Waals surface area contributed by atoms with Crippen molar-refractivity contribution in [1.82, 2.24) is 5.32 Å². The normalized spacial score (nSPS) is 9.12. The van der Waals surface area contributed by atoms with Crippen molar-refractivity contribution in [2.45, 2.75) is 6.42 Å². The predicted molar refractivity (Wildman–Crippen MR) is 60.0 cm³/mol. The van der Waals surface area contributed by atoms with E-state index in [9.17, 15) is 9.59 Å². The van der Waals surface area contributed by atoms with E-state index in [1.165, 1.54) is 0 Å². The van der Waals surface area contributed by atoms with Crippen LogP contribution in [0.5, 0.6) is 0 Å². The van der Waals surface area contributed by atoms with Crippen LogP contribution in [0.2, 0.25) is 0 Å². The first-order valence-electron chi connectivity index (χ1n) is 5.10. The van der Waals surface area contributed by atoms with Crippen molar-refractivity contribution in [2.24, 2.45) is 0 Å². The lowest BCUT2D eigenvalue weighted by molar-refractivity contribution is -0.124. The summed E-state index contributed by atoms with van der Waals surface area (Å²) in [6, 6.07) is 10.3. The first kappa shape index (κ1) is 12.7. The molecule has 0 bridgehead atoms. The number of nitriles is 1. The van der Waals surface area contributed by atoms with E-state index < -0.39 is 11.9 Å². The zero-order valence-corrected chi connectivity index (χ0v) is 9.18. The Morgan fingerprint density at radius 1 is 1.29 bits per heavy atom. The fraction of sp³-hybridized carbons (Fsp3) is 0.250. The van der Waals surface area contributed by atoms with Crippen LogP contribution in [0.4, 0.5) is 0 Å². The number of amides is 1. The zero-order chi connectivity index (χ0) is 12.5. The lowest BCUT2D eigenvalue weighted by Crippen LogP contribution is -2.29. The molecule has 0 heterocycles. The Kier molecular flexibility index (Phi) is 5.25. The van der Waals surface area contributed by atoms with Gasteiger partial charge >= 0.3 is 5.97 Å². The van der Waals surface area contributed by atoms with Gasteiger partial charge in [-0.05, 0) is 12.1 Å². The van der Waals surface area contributed by atoms with E-state index in [1.54, 1.807) is 30.3 Å². The van der Waals surface area contributed by atoms with Gasteiger partial charge in [0, 0.05) is 6.54 Å². The molecule has 5 heteroatoms. The minimum atomic E-state index is -0.541. The Hall–Kier alpha value is -2.35. The number of esters is 1. The summed E-state index contributed by atoms with van der Waals surface area (Å²) >= 11 is 0. The number of nitrogens with one attached hydrogen (secondary N) is 1. The molecule has 1 N–H and O–H groups in total. The molecule has 0 aromatic heterocycles. The van der Waals surface area contributed by atoms with E-state index >= 15 is 0 Å². The molecular formula is C12H12N2O3. The summed E-state index contributed by atoms with van der Waals surface area (Å²) in [5.41, 5.74) is 0.400. The van der Waals surface area contributed by atoms with Gasteiger partial charge in [-0.3, -0.25) is 4.79 Å². The summed E-state index contributed by atoms with van der Waals surface area (Å²) in [4.78, 5) is 22.6. The van der Waals surface area contributed by atoms with Gasteiger partial charge in [0.25, 0.3) is 5.91 Å². The Bertz CT molecular complexity index is 423. The van der Waals surface area contributed by atoms with Crippen LogP contribution >= 0.6 is 0 Å². The molecule has 0 saturated carbocycles. The van der Waals surface area contributed by atoms with Crippen molar-refractivity contribution in [3.05, 3.63) is 35.9 Å². The molecule has 1 rings (SSSR count). The molecule has 0 aliphatic rings. The van der Waals surface area contributed by atoms with Gasteiger partial charge in [-0.25, -0.2) is 4.79 Å². The SMILES string of the molecule is N#CCCNC(=O)COC(=O)c1ccccc1. The largest absolute Gasteiger partial charge is 0.452 e. The number of hydrogen-bond acceptors (Lipinski definition) is 4. The van der Waals surface area contributed by atoms with Crippen LogP contribution < -0.4 is 5.32 Å². The minimum absolute atomic E-state index is 0.234. The second-order valence-electron chi connectivity index (χ2n) is 3.20. The summed E-state index contributed by atoms with van der Waals surface area (Å²) in [5.74, 6) is -0.953. The molecule has 0 fully saturated rings. The molecule has 1 aromatic carbocycles. The molecule has 88 valence electrons. The van der Waals surface area contributed by atoms with E-state index in [-0.39, 0.29) is 19.6 Å². The van der Waals surface area contributed by atoms with Gasteiger partial charge < -0.3 is 10.1 Å². The quantitative estimate of drug-likeness (QED) is 0.603. The molecule has 5 nitrogen and oxygen atoms in total. The maximum atomic E-state index is 11.4. The van der Waals surface area contributed by atoms with Crippen molar-refractivity contribution in [3.8, 4) is 6.07 Å². The van der Waals surface area contributed by atoms with E-state index in [0.29, 0.717) is 5.56 Å². The average molecular weight is 232 g/mol. The highest BCUT2D eigenvalue weighted by Gasteiger charge is 2.08. The van der Waals surface area contributed by atoms with Crippen LogP contribution in [-0.2, 0) is 9.53 Å². The van der Waals surface area contributed by atoms with Crippen molar-refractivity contribution in [3.63, 3.8) is 0 Å². The van der Waals surface area contributed by atoms with Crippen LogP contribution in [0.1, 0.15) is 16.8 Å². The lowest BCUT2D eigenvalue weighted by Gasteiger charge is -2.04. The Morgan fingerprint density at radius 3 is 2.65 bits per heavy atom. The van der Waals surface area contributed by atoms with Gasteiger partial charge in [-0.1, -0.05) is 18.2 Å². The lowest BCUT2D eigenvalue weighted by atomic mass is 10.2. The van der Waals surface area contributed by atoms with Crippen molar-refractivity contribution >= 4 is 11.9 Å². The third-order valence-corrected chi connectivity index (χ3v) is 1.90. The van der Waals surface area contributed by atoms with Crippen LogP contribution in [0.3, 0.4) is 0 Å². The molecule has 0 unspecified atom stereocenters. The standard InChI is InChI=1S/C12H12N2O3/c13-7-4-8-14-11(15)9-17-12(16)10-5-2-1-3-6-10/h1-3,5-6H,4,8-9H2,(H,14,15). The molecule has 0 radical (unpaired) electrons. The molecule has 1 aromatic rings. The number of hydrogen-bond donors (Lipinski definition) is 1. The molecular weight excluding hydrogens is 220 g/mol. The highest BCUT2D eigenvalue weighted by Crippen LogP contribution is 2.00. The third-order valence-electron chi connectivity index (χ3n) is 1.90. The number of carbonyl (C=O) groups is 2. The fourth-order valence-corrected chi connectivity index (χ4v) is 1.10. The van der Waals surface area contributed by atoms with E-state index in [1.807, 2.05) is 6.07 Å². The average Bonchev–Trinajstić information content (AvgIpc) is 2.37. The third kappa shape index (κ3) is 4.80. The maximum absolute atomic E-state index is 11.4. The summed E-state index contributed by atoms with van der Waals surface area (Å²) < 4.78 is 4.79. The number of ether oxygens (including phenoxy) is 1. The second kappa shape index (κ2) is 7.01. The summed E-state index contributed by atoms with van der Waals surface area (Å²) in [5, 5.41) is 10.7. The molecule has 0 aliphatic heterocycles. The van der Waals surface area contributed by atoms with E-state index in [0.717, 1.165) is 0 Å². The summed E-state index contributed by atoms with van der Waals surface area (Å²) in [7, 11) is 0. The zero-order valence-electron chi connectivity index (χ0n) is 9.18. The van der Waals surface area contributed by atoms with Gasteiger partial charge in [0.1, 0.15) is 0 Å². The first-order valence-corrected chi connectivity index (χ1v) is 5.10. The monoisotopic (exact) mass is 232 g/mol. The second-order valence-corrected chi connectivity index (χ2v) is 3.20.